The minimum atomic E-state index is -2.07. The zero-order valence-electron chi connectivity index (χ0n) is 45.4. The molecule has 0 radical (unpaired) electrons. The molecule has 2 aromatic carbocycles. The van der Waals surface area contributed by atoms with Gasteiger partial charge in [0.15, 0.2) is 22.8 Å². The molecule has 8 N–H and O–H groups in total. The Kier molecular flexibility index (Phi) is 14.1. The number of ketones is 2. The minimum Gasteiger partial charge on any atom is -0.455 e. The number of fused-ring (bicyclic) bond motifs is 10. The average molecular weight is 1090 g/mol. The van der Waals surface area contributed by atoms with Gasteiger partial charge in [-0.3, -0.25) is 19.2 Å². The van der Waals surface area contributed by atoms with Crippen LogP contribution in [0.4, 0.5) is 0 Å². The average Bonchev–Trinajstić information content (AvgIpc) is 3.37. The quantitative estimate of drug-likeness (QED) is 0.117. The lowest BCUT2D eigenvalue weighted by molar-refractivity contribution is -0.345. The lowest BCUT2D eigenvalue weighted by Crippen LogP contribution is -2.81. The van der Waals surface area contributed by atoms with Gasteiger partial charge in [0.05, 0.1) is 71.4 Å². The number of esters is 4. The molecule has 2 saturated heterocycles. The maximum atomic E-state index is 14.3. The predicted molar refractivity (Wildman–Crippen MR) is 270 cm³/mol. The van der Waals surface area contributed by atoms with E-state index < -0.39 is 152 Å². The van der Waals surface area contributed by atoms with Gasteiger partial charge in [-0.2, -0.15) is 0 Å². The van der Waals surface area contributed by atoms with Gasteiger partial charge < -0.3 is 69.3 Å². The molecule has 9 unspecified atom stereocenters. The Morgan fingerprint density at radius 1 is 0.538 bits per heavy atom. The summed E-state index contributed by atoms with van der Waals surface area (Å²) in [4.78, 5) is 80.6. The van der Waals surface area contributed by atoms with E-state index in [0.717, 1.165) is 0 Å². The summed E-state index contributed by atoms with van der Waals surface area (Å²) in [7, 11) is 0. The number of rotatable bonds is 6. The number of aliphatic hydroxyl groups excluding tert-OH is 6. The smallest absolute Gasteiger partial charge is 0.338 e. The highest BCUT2D eigenvalue weighted by molar-refractivity contribution is 5.95. The van der Waals surface area contributed by atoms with E-state index in [2.05, 4.69) is 0 Å². The largest absolute Gasteiger partial charge is 0.455 e. The van der Waals surface area contributed by atoms with Gasteiger partial charge in [0, 0.05) is 50.4 Å². The summed E-state index contributed by atoms with van der Waals surface area (Å²) in [6, 6.07) is 16.2. The molecule has 2 aliphatic heterocycles. The van der Waals surface area contributed by atoms with Crippen molar-refractivity contribution in [2.24, 2.45) is 33.5 Å². The van der Waals surface area contributed by atoms with E-state index >= 15 is 0 Å². The molecule has 8 aliphatic rings. The Hall–Kier alpha value is -5.26. The molecule has 6 aliphatic carbocycles. The second kappa shape index (κ2) is 19.2. The fraction of sp³-hybridized carbons (Fsp3) is 0.621. The van der Waals surface area contributed by atoms with Crippen molar-refractivity contribution in [3.05, 3.63) is 94.1 Å². The van der Waals surface area contributed by atoms with Crippen molar-refractivity contribution in [1.29, 1.82) is 0 Å². The fourth-order valence-corrected chi connectivity index (χ4v) is 15.3. The van der Waals surface area contributed by atoms with Crippen LogP contribution in [0.25, 0.3) is 0 Å². The molecule has 0 aromatic heterocycles. The van der Waals surface area contributed by atoms with Gasteiger partial charge in [-0.1, -0.05) is 64.1 Å². The van der Waals surface area contributed by atoms with Crippen LogP contribution in [0.5, 0.6) is 0 Å². The van der Waals surface area contributed by atoms with Crippen LogP contribution in [0, 0.1) is 33.5 Å². The predicted octanol–water partition coefficient (Wildman–Crippen LogP) is 2.16. The summed E-state index contributed by atoms with van der Waals surface area (Å²) < 4.78 is 35.4. The summed E-state index contributed by atoms with van der Waals surface area (Å²) in [5, 5.41) is 93.5. The first-order valence-corrected chi connectivity index (χ1v) is 26.4. The molecule has 6 fully saturated rings. The summed E-state index contributed by atoms with van der Waals surface area (Å²) >= 11 is 0. The van der Waals surface area contributed by atoms with Crippen LogP contribution in [0.2, 0.25) is 0 Å². The molecule has 4 bridgehead atoms. The number of hydrogen-bond donors (Lipinski definition) is 8. The van der Waals surface area contributed by atoms with Crippen molar-refractivity contribution >= 4 is 35.4 Å². The summed E-state index contributed by atoms with van der Waals surface area (Å²) in [6.45, 7) is 14.6. The maximum Gasteiger partial charge on any atom is 0.338 e. The maximum absolute atomic E-state index is 14.3. The Morgan fingerprint density at radius 3 is 1.14 bits per heavy atom. The molecule has 0 spiro atoms. The third-order valence-corrected chi connectivity index (χ3v) is 19.9. The Morgan fingerprint density at radius 2 is 0.859 bits per heavy atom. The molecule has 424 valence electrons. The van der Waals surface area contributed by atoms with E-state index in [1.54, 1.807) is 77.9 Å². The number of carbonyl (C=O) groups is 6. The van der Waals surface area contributed by atoms with Gasteiger partial charge >= 0.3 is 23.9 Å². The highest BCUT2D eigenvalue weighted by atomic mass is 16.6. The van der Waals surface area contributed by atoms with Gasteiger partial charge in [-0.05, 0) is 74.3 Å². The molecule has 18 atom stereocenters. The molecule has 10 rings (SSSR count). The molecule has 20 heteroatoms. The molecule has 78 heavy (non-hydrogen) atoms. The number of benzene rings is 2. The number of aliphatic hydroxyl groups is 8. The van der Waals surface area contributed by atoms with Gasteiger partial charge in [-0.25, -0.2) is 9.59 Å². The third kappa shape index (κ3) is 7.90. The summed E-state index contributed by atoms with van der Waals surface area (Å²) in [6.07, 6.45) is -14.5. The topological polar surface area (TPSA) is 320 Å². The normalized spacial score (nSPS) is 42.7. The van der Waals surface area contributed by atoms with Gasteiger partial charge in [0.1, 0.15) is 47.8 Å². The zero-order chi connectivity index (χ0) is 57.4. The fourth-order valence-electron chi connectivity index (χ4n) is 15.3. The van der Waals surface area contributed by atoms with Crippen LogP contribution >= 0.6 is 0 Å². The van der Waals surface area contributed by atoms with E-state index in [1.165, 1.54) is 52.0 Å². The molecule has 20 nitrogen and oxygen atoms in total. The summed E-state index contributed by atoms with van der Waals surface area (Å²) in [5.41, 5.74) is -12.5. The van der Waals surface area contributed by atoms with Gasteiger partial charge in [0.2, 0.25) is 0 Å². The first-order valence-electron chi connectivity index (χ1n) is 26.4. The number of hydrogen-bond acceptors (Lipinski definition) is 20. The van der Waals surface area contributed by atoms with Crippen LogP contribution in [0.15, 0.2) is 83.0 Å². The van der Waals surface area contributed by atoms with Crippen molar-refractivity contribution in [3.63, 3.8) is 0 Å². The van der Waals surface area contributed by atoms with Crippen LogP contribution in [0.1, 0.15) is 116 Å². The SMILES string of the molecule is CC(=O)OC12COC1CC(O)C1(C)C(=O)C(O)C3=C(C)C(O)CC(O)(C(OC(=O)c4ccccc4)C21)C3(C)C.CC(=O)O[C@@]12CO[C@@H]1C[C@H](O)[C@@]1(C)C(=O)[C@H](O)C3=C(C)[C@@H](O)C[C@@](O)([C@@H](OC(=O)c4ccccc4)[C@H]21)C3(C)C. The third-order valence-electron chi connectivity index (χ3n) is 19.9. The van der Waals surface area contributed by atoms with Gasteiger partial charge in [-0.15, -0.1) is 0 Å². The highest BCUT2D eigenvalue weighted by Crippen LogP contribution is 2.66. The van der Waals surface area contributed by atoms with E-state index in [9.17, 15) is 69.6 Å². The number of ether oxygens (including phenoxy) is 6. The Bertz CT molecular complexity index is 2670. The van der Waals surface area contributed by atoms with Gasteiger partial charge in [0.25, 0.3) is 0 Å². The van der Waals surface area contributed by atoms with E-state index in [-0.39, 0.29) is 61.2 Å². The highest BCUT2D eigenvalue weighted by Gasteiger charge is 2.80. The second-order valence-corrected chi connectivity index (χ2v) is 24.4. The van der Waals surface area contributed by atoms with E-state index in [1.807, 2.05) is 0 Å². The second-order valence-electron chi connectivity index (χ2n) is 24.4. The lowest BCUT2D eigenvalue weighted by atomic mass is 9.44. The van der Waals surface area contributed by atoms with Crippen LogP contribution in [-0.2, 0) is 47.6 Å². The van der Waals surface area contributed by atoms with Crippen molar-refractivity contribution in [3.8, 4) is 0 Å². The van der Waals surface area contributed by atoms with Crippen molar-refractivity contribution in [2.75, 3.05) is 13.2 Å². The van der Waals surface area contributed by atoms with Crippen LogP contribution in [0.3, 0.4) is 0 Å². The molecular weight excluding hydrogens is 1020 g/mol. The Balaban J connectivity index is 0.000000190. The van der Waals surface area contributed by atoms with Crippen LogP contribution in [-0.4, -0.2) is 173 Å². The molecule has 2 heterocycles. The van der Waals surface area contributed by atoms with Crippen molar-refractivity contribution in [1.82, 2.24) is 0 Å². The zero-order valence-corrected chi connectivity index (χ0v) is 45.4. The molecule has 4 saturated carbocycles. The van der Waals surface area contributed by atoms with E-state index in [4.69, 9.17) is 28.4 Å². The van der Waals surface area contributed by atoms with E-state index in [0.29, 0.717) is 11.1 Å². The monoisotopic (exact) mass is 1090 g/mol. The van der Waals surface area contributed by atoms with Crippen LogP contribution < -0.4 is 0 Å². The first-order chi connectivity index (χ1) is 36.2. The molecule has 2 aromatic rings. The summed E-state index contributed by atoms with van der Waals surface area (Å²) in [5.74, 6) is -7.21. The number of Topliss-reactive ketones (excluding diaryl/α,β-unsaturated/α-hetero) is 2. The lowest BCUT2D eigenvalue weighted by Gasteiger charge is -2.67. The van der Waals surface area contributed by atoms with Crippen molar-refractivity contribution < 1.29 is 98.0 Å². The molecule has 0 amide bonds. The van der Waals surface area contributed by atoms with Crippen molar-refractivity contribution in [2.45, 2.75) is 178 Å². The molecular formula is C58H72O20. The number of carbonyl (C=O) groups excluding carboxylic acids is 6. The minimum absolute atomic E-state index is 0.0828. The first kappa shape index (κ1) is 57.4. The standard InChI is InChI=1S/2C29H36O10/c2*1-14-17(31)12-29(36)24(38-25(35)16-9-7-6-8-10-16)22-27(5,23(34)21(33)20(14)26(29,3)4)18(32)11-19-28(22,13-37-19)39-15(2)30/h2*6-10,17-19,21-22,24,31-33,36H,11-13H2,1-5H3/t17-,18-,19+,21+,22-,24-,27+,28-,29+;/m0./s1. The Labute approximate surface area is 451 Å².